The summed E-state index contributed by atoms with van der Waals surface area (Å²) in [4.78, 5) is 26.6. The molecule has 1 unspecified atom stereocenters. The van der Waals surface area contributed by atoms with Gasteiger partial charge in [-0.2, -0.15) is 0 Å². The molecule has 1 atom stereocenters. The number of nitrogens with zero attached hydrogens (tertiary/aromatic N) is 1. The van der Waals surface area contributed by atoms with Gasteiger partial charge >= 0.3 is 5.69 Å². The van der Waals surface area contributed by atoms with Crippen molar-refractivity contribution < 1.29 is 8.42 Å². The Morgan fingerprint density at radius 3 is 2.55 bits per heavy atom. The molecule has 0 bridgehead atoms. The number of aromatic amines is 1. The monoisotopic (exact) mass is 320 g/mol. The first-order valence-corrected chi connectivity index (χ1v) is 8.57. The third kappa shape index (κ3) is 2.69. The molecule has 1 fully saturated rings. The smallest absolute Gasteiger partial charge is 0.297 e. The van der Waals surface area contributed by atoms with Crippen LogP contribution in [-0.4, -0.2) is 29.0 Å². The van der Waals surface area contributed by atoms with Crippen molar-refractivity contribution in [1.82, 2.24) is 9.55 Å². The molecule has 1 aliphatic heterocycles. The molecular weight excluding hydrogens is 304 g/mol. The third-order valence-electron chi connectivity index (χ3n) is 3.60. The van der Waals surface area contributed by atoms with E-state index < -0.39 is 26.3 Å². The van der Waals surface area contributed by atoms with Crippen molar-refractivity contribution in [2.75, 3.05) is 5.75 Å². The molecule has 2 heterocycles. The highest BCUT2D eigenvalue weighted by Crippen LogP contribution is 2.21. The van der Waals surface area contributed by atoms with Crippen LogP contribution >= 0.6 is 11.6 Å². The summed E-state index contributed by atoms with van der Waals surface area (Å²) in [6.07, 6.45) is 1.05. The molecule has 6 nitrogen and oxygen atoms in total. The van der Waals surface area contributed by atoms with Gasteiger partial charge in [-0.1, -0.05) is 25.4 Å². The van der Waals surface area contributed by atoms with E-state index in [1.165, 1.54) is 0 Å². The number of halogens is 1. The first-order chi connectivity index (χ1) is 9.24. The molecule has 0 aromatic carbocycles. The Morgan fingerprint density at radius 1 is 1.40 bits per heavy atom. The van der Waals surface area contributed by atoms with Gasteiger partial charge in [-0.3, -0.25) is 14.3 Å². The normalized spacial score (nSPS) is 21.5. The predicted molar refractivity (Wildman–Crippen MR) is 77.2 cm³/mol. The molecule has 20 heavy (non-hydrogen) atoms. The Kier molecular flexibility index (Phi) is 4.11. The SMILES string of the molecule is CC(C)c1c(Cl)[nH]c(=O)n(CC2CCCS2(=O)=O)c1=O. The summed E-state index contributed by atoms with van der Waals surface area (Å²) in [6.45, 7) is 3.47. The molecule has 8 heteroatoms. The average molecular weight is 321 g/mol. The summed E-state index contributed by atoms with van der Waals surface area (Å²) >= 11 is 5.89. The van der Waals surface area contributed by atoms with Crippen molar-refractivity contribution >= 4 is 21.4 Å². The molecule has 1 aromatic heterocycles. The van der Waals surface area contributed by atoms with Crippen LogP contribution in [0.1, 0.15) is 38.2 Å². The summed E-state index contributed by atoms with van der Waals surface area (Å²) in [5, 5.41) is -0.636. The van der Waals surface area contributed by atoms with Crippen molar-refractivity contribution in [3.63, 3.8) is 0 Å². The van der Waals surface area contributed by atoms with Gasteiger partial charge < -0.3 is 0 Å². The fourth-order valence-corrected chi connectivity index (χ4v) is 4.68. The van der Waals surface area contributed by atoms with Gasteiger partial charge in [-0.05, 0) is 18.8 Å². The van der Waals surface area contributed by atoms with Crippen molar-refractivity contribution in [2.45, 2.75) is 44.4 Å². The number of aromatic nitrogens is 2. The Balaban J connectivity index is 2.51. The van der Waals surface area contributed by atoms with Gasteiger partial charge in [0.1, 0.15) is 5.15 Å². The number of hydrogen-bond acceptors (Lipinski definition) is 4. The van der Waals surface area contributed by atoms with Crippen LogP contribution in [0.2, 0.25) is 5.15 Å². The van der Waals surface area contributed by atoms with E-state index in [2.05, 4.69) is 4.98 Å². The van der Waals surface area contributed by atoms with E-state index in [4.69, 9.17) is 11.6 Å². The quantitative estimate of drug-likeness (QED) is 0.838. The van der Waals surface area contributed by atoms with Gasteiger partial charge in [0.2, 0.25) is 0 Å². The number of nitrogens with one attached hydrogen (secondary N) is 1. The number of H-pyrrole nitrogens is 1. The zero-order chi connectivity index (χ0) is 15.1. The maximum Gasteiger partial charge on any atom is 0.329 e. The fourth-order valence-electron chi connectivity index (χ4n) is 2.49. The van der Waals surface area contributed by atoms with E-state index in [9.17, 15) is 18.0 Å². The van der Waals surface area contributed by atoms with Crippen LogP contribution in [0.15, 0.2) is 9.59 Å². The minimum absolute atomic E-state index is 0.0283. The van der Waals surface area contributed by atoms with Gasteiger partial charge in [0, 0.05) is 6.54 Å². The first-order valence-electron chi connectivity index (χ1n) is 6.48. The maximum atomic E-state index is 12.3. The highest BCUT2D eigenvalue weighted by Gasteiger charge is 2.32. The van der Waals surface area contributed by atoms with Gasteiger partial charge in [0.05, 0.1) is 16.6 Å². The van der Waals surface area contributed by atoms with E-state index in [0.717, 1.165) is 4.57 Å². The molecule has 0 radical (unpaired) electrons. The van der Waals surface area contributed by atoms with Crippen LogP contribution in [0.25, 0.3) is 0 Å². The second-order valence-electron chi connectivity index (χ2n) is 5.36. The molecule has 1 saturated heterocycles. The minimum Gasteiger partial charge on any atom is -0.297 e. The van der Waals surface area contributed by atoms with E-state index in [0.29, 0.717) is 18.4 Å². The molecular formula is C12H17ClN2O4S. The maximum absolute atomic E-state index is 12.3. The summed E-state index contributed by atoms with van der Waals surface area (Å²) in [5.74, 6) is -0.0344. The lowest BCUT2D eigenvalue weighted by Gasteiger charge is -2.14. The first kappa shape index (κ1) is 15.3. The molecule has 2 rings (SSSR count). The summed E-state index contributed by atoms with van der Waals surface area (Å²) in [6, 6.07) is 0. The molecule has 112 valence electrons. The zero-order valence-corrected chi connectivity index (χ0v) is 12.9. The summed E-state index contributed by atoms with van der Waals surface area (Å²) in [7, 11) is -3.21. The zero-order valence-electron chi connectivity index (χ0n) is 11.3. The predicted octanol–water partition coefficient (Wildman–Crippen LogP) is 0.891. The highest BCUT2D eigenvalue weighted by molar-refractivity contribution is 7.92. The van der Waals surface area contributed by atoms with Gasteiger partial charge in [0.15, 0.2) is 9.84 Å². The lowest BCUT2D eigenvalue weighted by Crippen LogP contribution is -2.41. The van der Waals surface area contributed by atoms with Gasteiger partial charge in [0.25, 0.3) is 5.56 Å². The Hall–Kier alpha value is -1.08. The largest absolute Gasteiger partial charge is 0.329 e. The minimum atomic E-state index is -3.21. The molecule has 0 spiro atoms. The fraction of sp³-hybridized carbons (Fsp3) is 0.667. The third-order valence-corrected chi connectivity index (χ3v) is 6.16. The van der Waals surface area contributed by atoms with Crippen molar-refractivity contribution in [1.29, 1.82) is 0 Å². The lowest BCUT2D eigenvalue weighted by atomic mass is 10.1. The van der Waals surface area contributed by atoms with Crippen LogP contribution in [0.4, 0.5) is 0 Å². The molecule has 1 aromatic rings. The van der Waals surface area contributed by atoms with Crippen LogP contribution in [-0.2, 0) is 16.4 Å². The van der Waals surface area contributed by atoms with E-state index in [1.807, 2.05) is 0 Å². The number of rotatable bonds is 3. The molecule has 1 N–H and O–H groups in total. The van der Waals surface area contributed by atoms with Crippen molar-refractivity contribution in [3.05, 3.63) is 31.6 Å². The van der Waals surface area contributed by atoms with E-state index in [-0.39, 0.29) is 23.4 Å². The second kappa shape index (κ2) is 5.37. The molecule has 1 aliphatic rings. The average Bonchev–Trinajstić information content (AvgIpc) is 2.62. The Bertz CT molecular complexity index is 733. The standard InChI is InChI=1S/C12H17ClN2O4S/c1-7(2)9-10(13)14-12(17)15(11(9)16)6-8-4-3-5-20(8,18)19/h7-8H,3-6H2,1-2H3,(H,14,17). The van der Waals surface area contributed by atoms with Crippen LogP contribution in [0.5, 0.6) is 0 Å². The number of hydrogen-bond donors (Lipinski definition) is 1. The Morgan fingerprint density at radius 2 is 2.05 bits per heavy atom. The van der Waals surface area contributed by atoms with Crippen molar-refractivity contribution in [3.8, 4) is 0 Å². The summed E-state index contributed by atoms with van der Waals surface area (Å²) < 4.78 is 24.6. The van der Waals surface area contributed by atoms with Crippen molar-refractivity contribution in [2.24, 2.45) is 0 Å². The van der Waals surface area contributed by atoms with Gasteiger partial charge in [-0.25, -0.2) is 13.2 Å². The Labute approximate surface area is 121 Å². The molecule has 0 aliphatic carbocycles. The molecule has 0 saturated carbocycles. The number of sulfone groups is 1. The van der Waals surface area contributed by atoms with E-state index in [1.54, 1.807) is 13.8 Å². The van der Waals surface area contributed by atoms with Crippen LogP contribution in [0, 0.1) is 0 Å². The second-order valence-corrected chi connectivity index (χ2v) is 8.14. The summed E-state index contributed by atoms with van der Waals surface area (Å²) in [5.41, 5.74) is -0.857. The van der Waals surface area contributed by atoms with E-state index >= 15 is 0 Å². The van der Waals surface area contributed by atoms with Gasteiger partial charge in [-0.15, -0.1) is 0 Å². The van der Waals surface area contributed by atoms with Crippen LogP contribution < -0.4 is 11.2 Å². The topological polar surface area (TPSA) is 89.0 Å². The van der Waals surface area contributed by atoms with Crippen LogP contribution in [0.3, 0.4) is 0 Å². The lowest BCUT2D eigenvalue weighted by molar-refractivity contribution is 0.544. The highest BCUT2D eigenvalue weighted by atomic mass is 35.5. The molecule has 0 amide bonds.